The summed E-state index contributed by atoms with van der Waals surface area (Å²) in [5, 5.41) is 7.35. The normalized spacial score (nSPS) is 10.8. The maximum absolute atomic E-state index is 6.20. The van der Waals surface area contributed by atoms with Crippen LogP contribution in [0, 0.1) is 0 Å². The van der Waals surface area contributed by atoms with Crippen molar-refractivity contribution < 1.29 is 0 Å². The number of aromatic nitrogens is 1. The molecular weight excluding hydrogens is 308 g/mol. The van der Waals surface area contributed by atoms with E-state index in [1.54, 1.807) is 22.7 Å². The summed E-state index contributed by atoms with van der Waals surface area (Å²) in [6, 6.07) is 12.1. The highest BCUT2D eigenvalue weighted by Gasteiger charge is 2.07. The molecule has 0 saturated carbocycles. The van der Waals surface area contributed by atoms with E-state index in [4.69, 9.17) is 11.6 Å². The summed E-state index contributed by atoms with van der Waals surface area (Å²) < 4.78 is 0. The summed E-state index contributed by atoms with van der Waals surface area (Å²) in [5.74, 6) is 0. The van der Waals surface area contributed by atoms with Crippen LogP contribution in [0.25, 0.3) is 10.4 Å². The fourth-order valence-corrected chi connectivity index (χ4v) is 3.78. The van der Waals surface area contributed by atoms with Gasteiger partial charge in [-0.05, 0) is 17.5 Å². The van der Waals surface area contributed by atoms with Crippen LogP contribution in [0.15, 0.2) is 48.0 Å². The third-order valence-electron chi connectivity index (χ3n) is 2.85. The lowest BCUT2D eigenvalue weighted by Gasteiger charge is -2.00. The number of nitrogens with one attached hydrogen (secondary N) is 1. The monoisotopic (exact) mass is 320 g/mol. The van der Waals surface area contributed by atoms with Gasteiger partial charge in [0.1, 0.15) is 5.01 Å². The van der Waals surface area contributed by atoms with Gasteiger partial charge in [-0.15, -0.1) is 22.7 Å². The Hall–Kier alpha value is -1.20. The van der Waals surface area contributed by atoms with Gasteiger partial charge < -0.3 is 5.32 Å². The van der Waals surface area contributed by atoms with Gasteiger partial charge in [0.2, 0.25) is 0 Å². The minimum absolute atomic E-state index is 0.772. The first kappa shape index (κ1) is 13.8. The number of benzene rings is 1. The Morgan fingerprint density at radius 1 is 1.10 bits per heavy atom. The summed E-state index contributed by atoms with van der Waals surface area (Å²) in [6.07, 6.45) is 1.90. The molecule has 0 atom stereocenters. The van der Waals surface area contributed by atoms with E-state index in [1.165, 1.54) is 4.88 Å². The Labute approximate surface area is 131 Å². The standard InChI is InChI=1S/C15H13ClN2S2/c16-13-6-2-1-5-12(13)14-9-18-15(20-14)10-17-8-11-4-3-7-19-11/h1-7,9,17H,8,10H2. The summed E-state index contributed by atoms with van der Waals surface area (Å²) >= 11 is 9.65. The Morgan fingerprint density at radius 3 is 2.80 bits per heavy atom. The zero-order valence-electron chi connectivity index (χ0n) is 10.7. The van der Waals surface area contributed by atoms with Crippen molar-refractivity contribution >= 4 is 34.3 Å². The quantitative estimate of drug-likeness (QED) is 0.729. The van der Waals surface area contributed by atoms with Crippen LogP contribution in [-0.2, 0) is 13.1 Å². The highest BCUT2D eigenvalue weighted by Crippen LogP contribution is 2.31. The van der Waals surface area contributed by atoms with E-state index in [1.807, 2.05) is 30.5 Å². The first-order valence-electron chi connectivity index (χ1n) is 6.25. The van der Waals surface area contributed by atoms with E-state index in [0.717, 1.165) is 33.6 Å². The number of hydrogen-bond acceptors (Lipinski definition) is 4. The second-order valence-corrected chi connectivity index (χ2v) is 6.84. The molecule has 3 aromatic rings. The Bertz CT molecular complexity index is 677. The fraction of sp³-hybridized carbons (Fsp3) is 0.133. The van der Waals surface area contributed by atoms with E-state index in [2.05, 4.69) is 27.8 Å². The molecule has 0 fully saturated rings. The van der Waals surface area contributed by atoms with E-state index in [9.17, 15) is 0 Å². The third kappa shape index (κ3) is 3.27. The van der Waals surface area contributed by atoms with Gasteiger partial charge in [-0.25, -0.2) is 4.98 Å². The van der Waals surface area contributed by atoms with Gasteiger partial charge in [-0.3, -0.25) is 0 Å². The first-order valence-corrected chi connectivity index (χ1v) is 8.33. The van der Waals surface area contributed by atoms with E-state index in [0.29, 0.717) is 0 Å². The van der Waals surface area contributed by atoms with E-state index < -0.39 is 0 Å². The second-order valence-electron chi connectivity index (χ2n) is 4.28. The van der Waals surface area contributed by atoms with Crippen LogP contribution in [0.1, 0.15) is 9.88 Å². The van der Waals surface area contributed by atoms with Gasteiger partial charge in [0.15, 0.2) is 0 Å². The van der Waals surface area contributed by atoms with Crippen molar-refractivity contribution in [3.8, 4) is 10.4 Å². The Kier molecular flexibility index (Phi) is 4.47. The average Bonchev–Trinajstić information content (AvgIpc) is 3.11. The van der Waals surface area contributed by atoms with Crippen LogP contribution >= 0.6 is 34.3 Å². The molecule has 2 aromatic heterocycles. The SMILES string of the molecule is Clc1ccccc1-c1cnc(CNCc2cccs2)s1. The molecule has 0 spiro atoms. The molecule has 0 unspecified atom stereocenters. The first-order chi connectivity index (χ1) is 9.83. The van der Waals surface area contributed by atoms with Crippen molar-refractivity contribution in [1.82, 2.24) is 10.3 Å². The highest BCUT2D eigenvalue weighted by atomic mass is 35.5. The molecule has 1 aromatic carbocycles. The van der Waals surface area contributed by atoms with Gasteiger partial charge in [0.25, 0.3) is 0 Å². The lowest BCUT2D eigenvalue weighted by Crippen LogP contribution is -2.11. The van der Waals surface area contributed by atoms with Crippen LogP contribution in [0.2, 0.25) is 5.02 Å². The minimum atomic E-state index is 0.772. The van der Waals surface area contributed by atoms with Crippen molar-refractivity contribution in [2.24, 2.45) is 0 Å². The lowest BCUT2D eigenvalue weighted by atomic mass is 10.2. The van der Waals surface area contributed by atoms with E-state index >= 15 is 0 Å². The predicted octanol–water partition coefficient (Wildman–Crippen LogP) is 4.81. The average molecular weight is 321 g/mol. The molecule has 1 N–H and O–H groups in total. The summed E-state index contributed by atoms with van der Waals surface area (Å²) in [4.78, 5) is 6.91. The molecule has 0 aliphatic carbocycles. The zero-order chi connectivity index (χ0) is 13.8. The molecule has 0 saturated heterocycles. The number of thiazole rings is 1. The zero-order valence-corrected chi connectivity index (χ0v) is 13.1. The van der Waals surface area contributed by atoms with Crippen LogP contribution in [0.4, 0.5) is 0 Å². The molecule has 0 aliphatic rings. The van der Waals surface area contributed by atoms with Gasteiger partial charge >= 0.3 is 0 Å². The Morgan fingerprint density at radius 2 is 2.00 bits per heavy atom. The van der Waals surface area contributed by atoms with Gasteiger partial charge in [-0.1, -0.05) is 35.9 Å². The topological polar surface area (TPSA) is 24.9 Å². The third-order valence-corrected chi connectivity index (χ3v) is 5.09. The van der Waals surface area contributed by atoms with Crippen molar-refractivity contribution in [2.75, 3.05) is 0 Å². The fourth-order valence-electron chi connectivity index (χ4n) is 1.88. The largest absolute Gasteiger partial charge is 0.306 e. The molecule has 0 radical (unpaired) electrons. The van der Waals surface area contributed by atoms with Crippen LogP contribution in [0.5, 0.6) is 0 Å². The maximum Gasteiger partial charge on any atom is 0.107 e. The summed E-state index contributed by atoms with van der Waals surface area (Å²) in [7, 11) is 0. The minimum Gasteiger partial charge on any atom is -0.306 e. The lowest BCUT2D eigenvalue weighted by molar-refractivity contribution is 0.697. The summed E-state index contributed by atoms with van der Waals surface area (Å²) in [5.41, 5.74) is 1.05. The van der Waals surface area contributed by atoms with Crippen LogP contribution < -0.4 is 5.32 Å². The molecule has 20 heavy (non-hydrogen) atoms. The molecule has 0 bridgehead atoms. The number of thiophene rings is 1. The molecule has 2 heterocycles. The highest BCUT2D eigenvalue weighted by molar-refractivity contribution is 7.15. The predicted molar refractivity (Wildman–Crippen MR) is 87.4 cm³/mol. The van der Waals surface area contributed by atoms with Crippen LogP contribution in [-0.4, -0.2) is 4.98 Å². The molecule has 2 nitrogen and oxygen atoms in total. The van der Waals surface area contributed by atoms with Crippen molar-refractivity contribution in [2.45, 2.75) is 13.1 Å². The smallest absolute Gasteiger partial charge is 0.107 e. The number of halogens is 1. The molecular formula is C15H13ClN2S2. The molecule has 0 aliphatic heterocycles. The van der Waals surface area contributed by atoms with Crippen molar-refractivity contribution in [1.29, 1.82) is 0 Å². The molecule has 102 valence electrons. The van der Waals surface area contributed by atoms with Crippen molar-refractivity contribution in [3.05, 3.63) is 62.9 Å². The van der Waals surface area contributed by atoms with E-state index in [-0.39, 0.29) is 0 Å². The maximum atomic E-state index is 6.20. The van der Waals surface area contributed by atoms with Crippen LogP contribution in [0.3, 0.4) is 0 Å². The molecule has 0 amide bonds. The Balaban J connectivity index is 1.64. The molecule has 3 rings (SSSR count). The van der Waals surface area contributed by atoms with Gasteiger partial charge in [0, 0.05) is 34.7 Å². The van der Waals surface area contributed by atoms with Gasteiger partial charge in [0.05, 0.1) is 4.88 Å². The number of hydrogen-bond donors (Lipinski definition) is 1. The number of rotatable bonds is 5. The summed E-state index contributed by atoms with van der Waals surface area (Å²) in [6.45, 7) is 1.67. The van der Waals surface area contributed by atoms with Crippen molar-refractivity contribution in [3.63, 3.8) is 0 Å². The van der Waals surface area contributed by atoms with Gasteiger partial charge in [-0.2, -0.15) is 0 Å². The second kappa shape index (κ2) is 6.50. The molecule has 5 heteroatoms. The number of nitrogens with zero attached hydrogens (tertiary/aromatic N) is 1.